The second kappa shape index (κ2) is 5.19. The van der Waals surface area contributed by atoms with Crippen molar-refractivity contribution in [1.82, 2.24) is 4.57 Å². The number of hydrogen-bond donors (Lipinski definition) is 0. The number of benzene rings is 2. The highest BCUT2D eigenvalue weighted by molar-refractivity contribution is 6.07. The topological polar surface area (TPSA) is 35.1 Å². The Morgan fingerprint density at radius 2 is 1.50 bits per heavy atom. The van der Waals surface area contributed by atoms with Crippen molar-refractivity contribution >= 4 is 28.1 Å². The molecular weight excluding hydrogens is 274 g/mol. The molecule has 22 heavy (non-hydrogen) atoms. The highest BCUT2D eigenvalue weighted by Crippen LogP contribution is 2.28. The van der Waals surface area contributed by atoms with Gasteiger partial charge in [0.1, 0.15) is 5.76 Å². The molecule has 2 heterocycles. The summed E-state index contributed by atoms with van der Waals surface area (Å²) >= 11 is 0. The van der Waals surface area contributed by atoms with Gasteiger partial charge in [0, 0.05) is 34.8 Å². The van der Waals surface area contributed by atoms with Crippen LogP contribution in [0.4, 0.5) is 0 Å². The SMILES string of the molecule is O=Cc1ccc(CCn2c3ccccc3c3ccccc32)o1. The number of carbonyl (C=O) groups is 1. The molecule has 0 unspecified atom stereocenters. The largest absolute Gasteiger partial charge is 0.458 e. The first-order valence-electron chi connectivity index (χ1n) is 7.37. The number of aldehydes is 1. The molecule has 0 aliphatic heterocycles. The molecular formula is C19H15NO2. The Hall–Kier alpha value is -2.81. The zero-order chi connectivity index (χ0) is 14.9. The molecule has 4 aromatic rings. The quantitative estimate of drug-likeness (QED) is 0.520. The molecule has 0 saturated heterocycles. The smallest absolute Gasteiger partial charge is 0.185 e. The number of aryl methyl sites for hydroxylation is 2. The summed E-state index contributed by atoms with van der Waals surface area (Å²) in [7, 11) is 0. The van der Waals surface area contributed by atoms with Crippen LogP contribution in [0.3, 0.4) is 0 Å². The van der Waals surface area contributed by atoms with Gasteiger partial charge in [-0.3, -0.25) is 4.79 Å². The molecule has 0 amide bonds. The number of furan rings is 1. The van der Waals surface area contributed by atoms with Gasteiger partial charge in [-0.05, 0) is 24.3 Å². The van der Waals surface area contributed by atoms with Crippen molar-refractivity contribution in [2.24, 2.45) is 0 Å². The molecule has 0 bridgehead atoms. The van der Waals surface area contributed by atoms with E-state index >= 15 is 0 Å². The summed E-state index contributed by atoms with van der Waals surface area (Å²) in [4.78, 5) is 10.7. The summed E-state index contributed by atoms with van der Waals surface area (Å²) < 4.78 is 7.79. The van der Waals surface area contributed by atoms with Crippen LogP contribution in [0.2, 0.25) is 0 Å². The van der Waals surface area contributed by atoms with E-state index in [4.69, 9.17) is 4.42 Å². The minimum absolute atomic E-state index is 0.386. The number of fused-ring (bicyclic) bond motifs is 3. The van der Waals surface area contributed by atoms with Crippen LogP contribution in [0, 0.1) is 0 Å². The second-order valence-corrected chi connectivity index (χ2v) is 5.36. The van der Waals surface area contributed by atoms with Crippen molar-refractivity contribution in [3.05, 3.63) is 72.2 Å². The minimum Gasteiger partial charge on any atom is -0.458 e. The summed E-state index contributed by atoms with van der Waals surface area (Å²) in [6, 6.07) is 20.5. The molecule has 3 heteroatoms. The third-order valence-corrected chi connectivity index (χ3v) is 4.06. The normalized spacial score (nSPS) is 11.3. The first kappa shape index (κ1) is 12.9. The standard InChI is InChI=1S/C19H15NO2/c21-13-15-10-9-14(22-15)11-12-20-18-7-3-1-5-16(18)17-6-2-4-8-19(17)20/h1-10,13H,11-12H2. The molecule has 4 rings (SSSR count). The molecule has 0 radical (unpaired) electrons. The molecule has 0 aliphatic rings. The summed E-state index contributed by atoms with van der Waals surface area (Å²) in [5.74, 6) is 1.22. The van der Waals surface area contributed by atoms with E-state index in [9.17, 15) is 4.79 Å². The van der Waals surface area contributed by atoms with Gasteiger partial charge in [-0.2, -0.15) is 0 Å². The number of nitrogens with zero attached hydrogens (tertiary/aromatic N) is 1. The fourth-order valence-electron chi connectivity index (χ4n) is 3.06. The maximum atomic E-state index is 10.7. The molecule has 0 fully saturated rings. The molecule has 0 N–H and O–H groups in total. The lowest BCUT2D eigenvalue weighted by Gasteiger charge is -2.06. The Morgan fingerprint density at radius 3 is 2.09 bits per heavy atom. The van der Waals surface area contributed by atoms with Crippen molar-refractivity contribution < 1.29 is 9.21 Å². The van der Waals surface area contributed by atoms with Gasteiger partial charge in [-0.15, -0.1) is 0 Å². The Kier molecular flexibility index (Phi) is 3.04. The maximum Gasteiger partial charge on any atom is 0.185 e. The summed E-state index contributed by atoms with van der Waals surface area (Å²) in [6.07, 6.45) is 1.50. The Bertz CT molecular complexity index is 909. The van der Waals surface area contributed by atoms with Crippen molar-refractivity contribution in [2.45, 2.75) is 13.0 Å². The van der Waals surface area contributed by atoms with Crippen LogP contribution in [-0.2, 0) is 13.0 Å². The van der Waals surface area contributed by atoms with E-state index in [2.05, 4.69) is 53.1 Å². The molecule has 0 saturated carbocycles. The Balaban J connectivity index is 1.77. The fraction of sp³-hybridized carbons (Fsp3) is 0.105. The molecule has 0 aliphatic carbocycles. The lowest BCUT2D eigenvalue weighted by Crippen LogP contribution is -2.00. The van der Waals surface area contributed by atoms with Crippen molar-refractivity contribution in [2.75, 3.05) is 0 Å². The first-order chi connectivity index (χ1) is 10.9. The zero-order valence-corrected chi connectivity index (χ0v) is 12.0. The van der Waals surface area contributed by atoms with Crippen molar-refractivity contribution in [1.29, 1.82) is 0 Å². The molecule has 0 spiro atoms. The third kappa shape index (κ3) is 2.02. The van der Waals surface area contributed by atoms with Gasteiger partial charge in [0.25, 0.3) is 0 Å². The van der Waals surface area contributed by atoms with E-state index in [1.807, 2.05) is 6.07 Å². The number of aromatic nitrogens is 1. The van der Waals surface area contributed by atoms with E-state index in [1.54, 1.807) is 6.07 Å². The summed E-state index contributed by atoms with van der Waals surface area (Å²) in [5.41, 5.74) is 2.46. The van der Waals surface area contributed by atoms with Crippen LogP contribution in [0.15, 0.2) is 65.1 Å². The van der Waals surface area contributed by atoms with E-state index < -0.39 is 0 Å². The summed E-state index contributed by atoms with van der Waals surface area (Å²) in [5, 5.41) is 2.54. The highest BCUT2D eigenvalue weighted by Gasteiger charge is 2.10. The highest BCUT2D eigenvalue weighted by atomic mass is 16.3. The molecule has 0 atom stereocenters. The van der Waals surface area contributed by atoms with Gasteiger partial charge in [-0.25, -0.2) is 0 Å². The number of para-hydroxylation sites is 2. The van der Waals surface area contributed by atoms with Gasteiger partial charge in [0.2, 0.25) is 0 Å². The zero-order valence-electron chi connectivity index (χ0n) is 12.0. The van der Waals surface area contributed by atoms with Gasteiger partial charge in [-0.1, -0.05) is 36.4 Å². The summed E-state index contributed by atoms with van der Waals surface area (Å²) in [6.45, 7) is 0.819. The third-order valence-electron chi connectivity index (χ3n) is 4.06. The van der Waals surface area contributed by atoms with E-state index in [0.29, 0.717) is 5.76 Å². The van der Waals surface area contributed by atoms with Gasteiger partial charge < -0.3 is 8.98 Å². The predicted octanol–water partition coefficient (Wildman–Crippen LogP) is 4.44. The van der Waals surface area contributed by atoms with Crippen LogP contribution in [0.5, 0.6) is 0 Å². The number of hydrogen-bond acceptors (Lipinski definition) is 2. The minimum atomic E-state index is 0.386. The number of rotatable bonds is 4. The Morgan fingerprint density at radius 1 is 0.864 bits per heavy atom. The van der Waals surface area contributed by atoms with Crippen LogP contribution >= 0.6 is 0 Å². The average Bonchev–Trinajstić information content (AvgIpc) is 3.15. The van der Waals surface area contributed by atoms with E-state index in [-0.39, 0.29) is 0 Å². The molecule has 108 valence electrons. The predicted molar refractivity (Wildman–Crippen MR) is 87.2 cm³/mol. The molecule has 2 aromatic heterocycles. The van der Waals surface area contributed by atoms with Crippen LogP contribution in [0.1, 0.15) is 16.3 Å². The first-order valence-corrected chi connectivity index (χ1v) is 7.37. The van der Waals surface area contributed by atoms with Crippen molar-refractivity contribution in [3.8, 4) is 0 Å². The van der Waals surface area contributed by atoms with Crippen molar-refractivity contribution in [3.63, 3.8) is 0 Å². The lowest BCUT2D eigenvalue weighted by molar-refractivity contribution is 0.109. The van der Waals surface area contributed by atoms with Crippen LogP contribution < -0.4 is 0 Å². The number of carbonyl (C=O) groups excluding carboxylic acids is 1. The van der Waals surface area contributed by atoms with Gasteiger partial charge in [0.05, 0.1) is 0 Å². The van der Waals surface area contributed by atoms with E-state index in [1.165, 1.54) is 21.8 Å². The van der Waals surface area contributed by atoms with E-state index in [0.717, 1.165) is 25.0 Å². The molecule has 3 nitrogen and oxygen atoms in total. The van der Waals surface area contributed by atoms with Gasteiger partial charge >= 0.3 is 0 Å². The monoisotopic (exact) mass is 289 g/mol. The molecule has 2 aromatic carbocycles. The van der Waals surface area contributed by atoms with Crippen LogP contribution in [0.25, 0.3) is 21.8 Å². The second-order valence-electron chi connectivity index (χ2n) is 5.36. The average molecular weight is 289 g/mol. The Labute approximate surface area is 127 Å². The van der Waals surface area contributed by atoms with Crippen LogP contribution in [-0.4, -0.2) is 10.9 Å². The maximum absolute atomic E-state index is 10.7. The fourth-order valence-corrected chi connectivity index (χ4v) is 3.06. The lowest BCUT2D eigenvalue weighted by atomic mass is 10.2. The van der Waals surface area contributed by atoms with Gasteiger partial charge in [0.15, 0.2) is 12.0 Å².